The van der Waals surface area contributed by atoms with Crippen molar-refractivity contribution in [2.45, 2.75) is 51.5 Å². The third kappa shape index (κ3) is 2.05. The summed E-state index contributed by atoms with van der Waals surface area (Å²) in [6.07, 6.45) is -2.28. The van der Waals surface area contributed by atoms with E-state index in [1.54, 1.807) is 0 Å². The van der Waals surface area contributed by atoms with E-state index in [0.717, 1.165) is 16.6 Å². The van der Waals surface area contributed by atoms with Crippen LogP contribution in [0.5, 0.6) is 0 Å². The Labute approximate surface area is 124 Å². The minimum Gasteiger partial charge on any atom is -0.399 e. The number of hydrogen-bond donors (Lipinski definition) is 1. The van der Waals surface area contributed by atoms with Gasteiger partial charge in [0.2, 0.25) is 0 Å². The predicted octanol–water partition coefficient (Wildman–Crippen LogP) is 0.207. The Morgan fingerprint density at radius 2 is 1.76 bits per heavy atom. The molecule has 4 bridgehead atoms. The van der Waals surface area contributed by atoms with Gasteiger partial charge in [-0.2, -0.15) is 0 Å². The minimum absolute atomic E-state index is 0.210. The van der Waals surface area contributed by atoms with Gasteiger partial charge in [-0.3, -0.25) is 0 Å². The predicted molar refractivity (Wildman–Crippen MR) is 76.4 cm³/mol. The fraction of sp³-hybridized carbons (Fsp3) is 0.600. The third-order valence-corrected chi connectivity index (χ3v) is 4.58. The van der Waals surface area contributed by atoms with E-state index in [4.69, 9.17) is 18.8 Å². The summed E-state index contributed by atoms with van der Waals surface area (Å²) >= 11 is 0. The number of aliphatic hydroxyl groups is 1. The average molecular weight is 290 g/mol. The van der Waals surface area contributed by atoms with Crippen LogP contribution in [0.25, 0.3) is 0 Å². The van der Waals surface area contributed by atoms with Gasteiger partial charge >= 0.3 is 7.12 Å². The molecule has 0 amide bonds. The molecule has 0 saturated carbocycles. The quantitative estimate of drug-likeness (QED) is 0.749. The Balaban J connectivity index is 1.70. The van der Waals surface area contributed by atoms with E-state index in [-0.39, 0.29) is 6.10 Å². The van der Waals surface area contributed by atoms with Crippen LogP contribution in [0.2, 0.25) is 0 Å². The number of aliphatic hydroxyl groups excluding tert-OH is 1. The molecule has 4 rings (SSSR count). The van der Waals surface area contributed by atoms with Gasteiger partial charge in [-0.05, 0) is 26.2 Å². The molecule has 3 aliphatic rings. The number of aryl methyl sites for hydroxylation is 3. The number of hydrogen-bond acceptors (Lipinski definition) is 5. The Kier molecular flexibility index (Phi) is 3.13. The van der Waals surface area contributed by atoms with Crippen molar-refractivity contribution in [3.63, 3.8) is 0 Å². The standard InChI is InChI=1S/C15H19BO5/c1-7-4-8(2)11(9(3)5-7)16-20-13-10-6-18-15(19-10)14(21-16)12(13)17/h4-5,10,12-15,17H,6H2,1-3H3/t10-,12+,13+,14?,15-/m1/s1. The van der Waals surface area contributed by atoms with Crippen LogP contribution >= 0.6 is 0 Å². The lowest BCUT2D eigenvalue weighted by Crippen LogP contribution is -2.65. The van der Waals surface area contributed by atoms with Crippen molar-refractivity contribution in [2.75, 3.05) is 6.61 Å². The zero-order valence-electron chi connectivity index (χ0n) is 12.4. The molecular weight excluding hydrogens is 271 g/mol. The lowest BCUT2D eigenvalue weighted by atomic mass is 9.70. The topological polar surface area (TPSA) is 57.2 Å². The van der Waals surface area contributed by atoms with E-state index < -0.39 is 31.7 Å². The Morgan fingerprint density at radius 3 is 2.48 bits per heavy atom. The summed E-state index contributed by atoms with van der Waals surface area (Å²) in [6, 6.07) is 4.24. The summed E-state index contributed by atoms with van der Waals surface area (Å²) in [6.45, 7) is 6.65. The van der Waals surface area contributed by atoms with Gasteiger partial charge in [0, 0.05) is 0 Å². The van der Waals surface area contributed by atoms with E-state index >= 15 is 0 Å². The second-order valence-corrected chi connectivity index (χ2v) is 6.21. The highest BCUT2D eigenvalue weighted by Crippen LogP contribution is 2.35. The lowest BCUT2D eigenvalue weighted by molar-refractivity contribution is -0.243. The Bertz CT molecular complexity index is 534. The third-order valence-electron chi connectivity index (χ3n) is 4.58. The van der Waals surface area contributed by atoms with E-state index in [0.29, 0.717) is 6.61 Å². The van der Waals surface area contributed by atoms with Gasteiger partial charge in [0.05, 0.1) is 6.61 Å². The van der Waals surface area contributed by atoms with Crippen molar-refractivity contribution >= 4 is 12.6 Å². The molecule has 0 aliphatic carbocycles. The highest BCUT2D eigenvalue weighted by atomic mass is 16.8. The molecule has 1 aromatic rings. The maximum absolute atomic E-state index is 10.3. The van der Waals surface area contributed by atoms with Crippen molar-refractivity contribution in [1.29, 1.82) is 0 Å². The number of rotatable bonds is 1. The van der Waals surface area contributed by atoms with Crippen LogP contribution < -0.4 is 5.46 Å². The molecule has 5 nitrogen and oxygen atoms in total. The smallest absolute Gasteiger partial charge is 0.399 e. The monoisotopic (exact) mass is 290 g/mol. The fourth-order valence-electron chi connectivity index (χ4n) is 3.68. The van der Waals surface area contributed by atoms with E-state index in [1.165, 1.54) is 5.56 Å². The molecule has 3 fully saturated rings. The van der Waals surface area contributed by atoms with Gasteiger partial charge < -0.3 is 23.9 Å². The largest absolute Gasteiger partial charge is 0.495 e. The second-order valence-electron chi connectivity index (χ2n) is 6.21. The zero-order valence-corrected chi connectivity index (χ0v) is 12.4. The van der Waals surface area contributed by atoms with Gasteiger partial charge in [0.25, 0.3) is 0 Å². The number of ether oxygens (including phenoxy) is 2. The fourth-order valence-corrected chi connectivity index (χ4v) is 3.68. The van der Waals surface area contributed by atoms with E-state index in [2.05, 4.69) is 32.9 Å². The highest BCUT2D eigenvalue weighted by molar-refractivity contribution is 6.62. The first-order chi connectivity index (χ1) is 10.0. The molecule has 6 heteroatoms. The SMILES string of the molecule is Cc1cc(C)c(B2OC3[C@@H]4OC[C@@H](O4)[C@H](O2)[C@@H]3O)c(C)c1. The molecule has 21 heavy (non-hydrogen) atoms. The second kappa shape index (κ2) is 4.79. The van der Waals surface area contributed by atoms with Crippen LogP contribution in [0, 0.1) is 20.8 Å². The van der Waals surface area contributed by atoms with Crippen molar-refractivity contribution in [3.8, 4) is 0 Å². The summed E-state index contributed by atoms with van der Waals surface area (Å²) in [7, 11) is -0.473. The summed E-state index contributed by atoms with van der Waals surface area (Å²) in [4.78, 5) is 0. The maximum Gasteiger partial charge on any atom is 0.495 e. The molecule has 5 atom stereocenters. The molecule has 3 aliphatic heterocycles. The van der Waals surface area contributed by atoms with Crippen LogP contribution in [0.1, 0.15) is 16.7 Å². The van der Waals surface area contributed by atoms with E-state index in [1.807, 2.05) is 0 Å². The zero-order chi connectivity index (χ0) is 14.7. The molecular formula is C15H19BO5. The Hall–Kier alpha value is -0.915. The van der Waals surface area contributed by atoms with Crippen LogP contribution in [-0.4, -0.2) is 49.5 Å². The first-order valence-corrected chi connectivity index (χ1v) is 7.38. The minimum atomic E-state index is -0.696. The molecule has 3 heterocycles. The van der Waals surface area contributed by atoms with Gasteiger partial charge in [-0.1, -0.05) is 28.8 Å². The van der Waals surface area contributed by atoms with Gasteiger partial charge in [0.15, 0.2) is 6.29 Å². The van der Waals surface area contributed by atoms with Crippen molar-refractivity contribution < 1.29 is 23.9 Å². The number of benzene rings is 1. The Morgan fingerprint density at radius 1 is 1.10 bits per heavy atom. The first kappa shape index (κ1) is 13.7. The summed E-state index contributed by atoms with van der Waals surface area (Å²) in [5.41, 5.74) is 4.54. The molecule has 0 aromatic heterocycles. The molecule has 3 saturated heterocycles. The highest BCUT2D eigenvalue weighted by Gasteiger charge is 2.57. The molecule has 0 spiro atoms. The average Bonchev–Trinajstić information content (AvgIpc) is 2.84. The van der Waals surface area contributed by atoms with Crippen LogP contribution in [-0.2, 0) is 18.8 Å². The van der Waals surface area contributed by atoms with Crippen LogP contribution in [0.3, 0.4) is 0 Å². The van der Waals surface area contributed by atoms with E-state index in [9.17, 15) is 5.11 Å². The summed E-state index contributed by atoms with van der Waals surface area (Å²) in [5.74, 6) is 0. The van der Waals surface area contributed by atoms with Crippen LogP contribution in [0.15, 0.2) is 12.1 Å². The molecule has 1 unspecified atom stereocenters. The normalized spacial score (nSPS) is 37.9. The molecule has 0 radical (unpaired) electrons. The first-order valence-electron chi connectivity index (χ1n) is 7.38. The van der Waals surface area contributed by atoms with Crippen molar-refractivity contribution in [3.05, 3.63) is 28.8 Å². The maximum atomic E-state index is 10.3. The van der Waals surface area contributed by atoms with Gasteiger partial charge in [-0.15, -0.1) is 0 Å². The van der Waals surface area contributed by atoms with Crippen molar-refractivity contribution in [2.24, 2.45) is 0 Å². The summed E-state index contributed by atoms with van der Waals surface area (Å²) < 4.78 is 23.2. The molecule has 112 valence electrons. The summed E-state index contributed by atoms with van der Waals surface area (Å²) in [5, 5.41) is 10.3. The van der Waals surface area contributed by atoms with Crippen LogP contribution in [0.4, 0.5) is 0 Å². The lowest BCUT2D eigenvalue weighted by Gasteiger charge is -2.44. The molecule has 1 aromatic carbocycles. The molecule has 1 N–H and O–H groups in total. The van der Waals surface area contributed by atoms with Gasteiger partial charge in [0.1, 0.15) is 24.4 Å². The number of fused-ring (bicyclic) bond motifs is 6. The van der Waals surface area contributed by atoms with Gasteiger partial charge in [-0.25, -0.2) is 0 Å². The van der Waals surface area contributed by atoms with Crippen molar-refractivity contribution in [1.82, 2.24) is 0 Å².